The van der Waals surface area contributed by atoms with Crippen LogP contribution in [-0.2, 0) is 4.79 Å². The van der Waals surface area contributed by atoms with E-state index in [0.29, 0.717) is 6.54 Å². The van der Waals surface area contributed by atoms with Crippen molar-refractivity contribution in [3.05, 3.63) is 0 Å². The summed E-state index contributed by atoms with van der Waals surface area (Å²) in [7, 11) is 1.79. The lowest BCUT2D eigenvalue weighted by atomic mass is 10.0. The van der Waals surface area contributed by atoms with Crippen molar-refractivity contribution in [3.63, 3.8) is 0 Å². The number of carbonyl (C=O) groups excluding carboxylic acids is 1. The number of amides is 1. The van der Waals surface area contributed by atoms with Gasteiger partial charge in [0.1, 0.15) is 0 Å². The van der Waals surface area contributed by atoms with E-state index >= 15 is 0 Å². The zero-order chi connectivity index (χ0) is 14.9. The van der Waals surface area contributed by atoms with E-state index in [1.165, 1.54) is 38.5 Å². The van der Waals surface area contributed by atoms with Gasteiger partial charge in [-0.15, -0.1) is 0 Å². The van der Waals surface area contributed by atoms with Crippen LogP contribution in [0.5, 0.6) is 0 Å². The lowest BCUT2D eigenvalue weighted by Gasteiger charge is -2.13. The molecule has 3 N–H and O–H groups in total. The van der Waals surface area contributed by atoms with Gasteiger partial charge in [0, 0.05) is 32.6 Å². The monoisotopic (exact) mass is 294 g/mol. The van der Waals surface area contributed by atoms with Gasteiger partial charge in [-0.3, -0.25) is 9.79 Å². The SMILES string of the molecule is CN=C(NCCCC1CCCC1)NCCNC(=O)C1CC1. The van der Waals surface area contributed by atoms with E-state index in [-0.39, 0.29) is 11.8 Å². The Balaban J connectivity index is 1.46. The fourth-order valence-electron chi connectivity index (χ4n) is 2.97. The fraction of sp³-hybridized carbons (Fsp3) is 0.875. The second-order valence-corrected chi connectivity index (χ2v) is 6.28. The molecule has 0 aromatic carbocycles. The van der Waals surface area contributed by atoms with Crippen LogP contribution in [-0.4, -0.2) is 38.5 Å². The molecule has 0 saturated heterocycles. The van der Waals surface area contributed by atoms with Gasteiger partial charge in [0.15, 0.2) is 5.96 Å². The molecule has 0 unspecified atom stereocenters. The van der Waals surface area contributed by atoms with Crippen molar-refractivity contribution in [2.24, 2.45) is 16.8 Å². The highest BCUT2D eigenvalue weighted by atomic mass is 16.2. The van der Waals surface area contributed by atoms with Crippen LogP contribution in [0.1, 0.15) is 51.4 Å². The third-order valence-corrected chi connectivity index (χ3v) is 4.44. The van der Waals surface area contributed by atoms with Gasteiger partial charge >= 0.3 is 0 Å². The third-order valence-electron chi connectivity index (χ3n) is 4.44. The quantitative estimate of drug-likeness (QED) is 0.362. The van der Waals surface area contributed by atoms with E-state index in [1.54, 1.807) is 7.05 Å². The Labute approximate surface area is 128 Å². The molecule has 2 saturated carbocycles. The molecular formula is C16H30N4O. The first kappa shape index (κ1) is 16.1. The summed E-state index contributed by atoms with van der Waals surface area (Å²) >= 11 is 0. The molecule has 0 aliphatic heterocycles. The maximum atomic E-state index is 11.5. The Hall–Kier alpha value is -1.26. The number of nitrogens with zero attached hydrogens (tertiary/aromatic N) is 1. The largest absolute Gasteiger partial charge is 0.356 e. The van der Waals surface area contributed by atoms with Gasteiger partial charge in [-0.25, -0.2) is 0 Å². The first-order valence-corrected chi connectivity index (χ1v) is 8.52. The summed E-state index contributed by atoms with van der Waals surface area (Å²) in [5.41, 5.74) is 0. The molecule has 0 radical (unpaired) electrons. The topological polar surface area (TPSA) is 65.5 Å². The van der Waals surface area contributed by atoms with Crippen molar-refractivity contribution in [3.8, 4) is 0 Å². The van der Waals surface area contributed by atoms with Crippen molar-refractivity contribution in [1.29, 1.82) is 0 Å². The zero-order valence-electron chi connectivity index (χ0n) is 13.3. The van der Waals surface area contributed by atoms with Gasteiger partial charge < -0.3 is 16.0 Å². The number of hydrogen-bond donors (Lipinski definition) is 3. The lowest BCUT2D eigenvalue weighted by Crippen LogP contribution is -2.42. The first-order chi connectivity index (χ1) is 10.3. The molecule has 2 aliphatic rings. The van der Waals surface area contributed by atoms with E-state index in [1.807, 2.05) is 0 Å². The van der Waals surface area contributed by atoms with Crippen LogP contribution in [0, 0.1) is 11.8 Å². The summed E-state index contributed by atoms with van der Waals surface area (Å²) in [6, 6.07) is 0. The van der Waals surface area contributed by atoms with E-state index in [2.05, 4.69) is 20.9 Å². The van der Waals surface area contributed by atoms with Crippen LogP contribution in [0.4, 0.5) is 0 Å². The van der Waals surface area contributed by atoms with Crippen LogP contribution < -0.4 is 16.0 Å². The maximum absolute atomic E-state index is 11.5. The predicted molar refractivity (Wildman–Crippen MR) is 86.3 cm³/mol. The highest BCUT2D eigenvalue weighted by molar-refractivity contribution is 5.81. The van der Waals surface area contributed by atoms with Gasteiger partial charge in [-0.2, -0.15) is 0 Å². The minimum atomic E-state index is 0.205. The average Bonchev–Trinajstić information content (AvgIpc) is 3.23. The van der Waals surface area contributed by atoms with E-state index < -0.39 is 0 Å². The Morgan fingerprint density at radius 1 is 1.00 bits per heavy atom. The molecule has 120 valence electrons. The summed E-state index contributed by atoms with van der Waals surface area (Å²) < 4.78 is 0. The summed E-state index contributed by atoms with van der Waals surface area (Å²) in [6.07, 6.45) is 10.4. The summed E-state index contributed by atoms with van der Waals surface area (Å²) in [5.74, 6) is 2.29. The smallest absolute Gasteiger partial charge is 0.223 e. The van der Waals surface area contributed by atoms with E-state index in [0.717, 1.165) is 37.8 Å². The van der Waals surface area contributed by atoms with Crippen LogP contribution in [0.25, 0.3) is 0 Å². The summed E-state index contributed by atoms with van der Waals surface area (Å²) in [5, 5.41) is 9.52. The molecule has 0 bridgehead atoms. The number of nitrogens with one attached hydrogen (secondary N) is 3. The van der Waals surface area contributed by atoms with Crippen molar-refractivity contribution in [2.75, 3.05) is 26.7 Å². The molecule has 5 nitrogen and oxygen atoms in total. The van der Waals surface area contributed by atoms with Crippen LogP contribution >= 0.6 is 0 Å². The number of hydrogen-bond acceptors (Lipinski definition) is 2. The average molecular weight is 294 g/mol. The Morgan fingerprint density at radius 3 is 2.33 bits per heavy atom. The van der Waals surface area contributed by atoms with Crippen LogP contribution in [0.3, 0.4) is 0 Å². The summed E-state index contributed by atoms with van der Waals surface area (Å²) in [4.78, 5) is 15.7. The first-order valence-electron chi connectivity index (χ1n) is 8.52. The van der Waals surface area contributed by atoms with Crippen molar-refractivity contribution in [1.82, 2.24) is 16.0 Å². The highest BCUT2D eigenvalue weighted by Crippen LogP contribution is 2.28. The number of aliphatic imine (C=N–C) groups is 1. The maximum Gasteiger partial charge on any atom is 0.223 e. The minimum absolute atomic E-state index is 0.205. The molecule has 5 heteroatoms. The molecule has 0 aromatic heterocycles. The predicted octanol–water partition coefficient (Wildman–Crippen LogP) is 1.65. The molecule has 0 atom stereocenters. The van der Waals surface area contributed by atoms with Gasteiger partial charge in [-0.1, -0.05) is 25.7 Å². The van der Waals surface area contributed by atoms with Gasteiger partial charge in [0.25, 0.3) is 0 Å². The van der Waals surface area contributed by atoms with E-state index in [4.69, 9.17) is 0 Å². The molecule has 0 aromatic rings. The molecule has 0 spiro atoms. The lowest BCUT2D eigenvalue weighted by molar-refractivity contribution is -0.122. The van der Waals surface area contributed by atoms with Gasteiger partial charge in [0.05, 0.1) is 0 Å². The van der Waals surface area contributed by atoms with Crippen molar-refractivity contribution in [2.45, 2.75) is 51.4 Å². The zero-order valence-corrected chi connectivity index (χ0v) is 13.3. The van der Waals surface area contributed by atoms with Crippen molar-refractivity contribution >= 4 is 11.9 Å². The number of rotatable bonds is 8. The highest BCUT2D eigenvalue weighted by Gasteiger charge is 2.28. The number of guanidine groups is 1. The second kappa shape index (κ2) is 8.90. The molecule has 2 rings (SSSR count). The number of carbonyl (C=O) groups is 1. The van der Waals surface area contributed by atoms with Crippen LogP contribution in [0.2, 0.25) is 0 Å². The molecule has 0 heterocycles. The molecule has 2 aliphatic carbocycles. The van der Waals surface area contributed by atoms with Crippen molar-refractivity contribution < 1.29 is 4.79 Å². The molecule has 21 heavy (non-hydrogen) atoms. The van der Waals surface area contributed by atoms with Gasteiger partial charge in [0.2, 0.25) is 5.91 Å². The Kier molecular flexibility index (Phi) is 6.83. The summed E-state index contributed by atoms with van der Waals surface area (Å²) in [6.45, 7) is 2.36. The normalized spacial score (nSPS) is 19.6. The third kappa shape index (κ3) is 6.36. The standard InChI is InChI=1S/C16H30N4O/c1-17-16(19-10-4-7-13-5-2-3-6-13)20-12-11-18-15(21)14-8-9-14/h13-14H,2-12H2,1H3,(H,18,21)(H2,17,19,20). The fourth-order valence-corrected chi connectivity index (χ4v) is 2.97. The Bertz CT molecular complexity index is 346. The minimum Gasteiger partial charge on any atom is -0.356 e. The van der Waals surface area contributed by atoms with Crippen LogP contribution in [0.15, 0.2) is 4.99 Å². The van der Waals surface area contributed by atoms with E-state index in [9.17, 15) is 4.79 Å². The second-order valence-electron chi connectivity index (χ2n) is 6.28. The Morgan fingerprint density at radius 2 is 1.67 bits per heavy atom. The molecule has 1 amide bonds. The molecular weight excluding hydrogens is 264 g/mol. The van der Waals surface area contributed by atoms with Gasteiger partial charge in [-0.05, 0) is 31.6 Å². The molecule has 2 fully saturated rings.